The van der Waals surface area contributed by atoms with E-state index in [1.165, 1.54) is 12.1 Å². The van der Waals surface area contributed by atoms with E-state index in [-0.39, 0.29) is 5.82 Å². The minimum absolute atomic E-state index is 0.336. The summed E-state index contributed by atoms with van der Waals surface area (Å²) in [6, 6.07) is 12.1. The standard InChI is InChI=1S/C20H25ClFNO2/c1-14(2)23(15(3)4)10-11-24-19-9-8-17(22)13-20(19)25-18-7-5-6-16(21)12-18/h5-9,12-15H,10-11H2,1-4H3. The van der Waals surface area contributed by atoms with Crippen molar-refractivity contribution in [1.82, 2.24) is 4.90 Å². The van der Waals surface area contributed by atoms with Gasteiger partial charge in [-0.3, -0.25) is 4.90 Å². The van der Waals surface area contributed by atoms with E-state index in [4.69, 9.17) is 21.1 Å². The SMILES string of the molecule is CC(C)N(CCOc1ccc(F)cc1Oc1cccc(Cl)c1)C(C)C. The zero-order valence-electron chi connectivity index (χ0n) is 15.1. The molecule has 5 heteroatoms. The molecule has 0 saturated heterocycles. The van der Waals surface area contributed by atoms with E-state index in [9.17, 15) is 4.39 Å². The van der Waals surface area contributed by atoms with Crippen LogP contribution < -0.4 is 9.47 Å². The van der Waals surface area contributed by atoms with Crippen LogP contribution in [0, 0.1) is 5.82 Å². The Morgan fingerprint density at radius 2 is 1.72 bits per heavy atom. The third-order valence-electron chi connectivity index (χ3n) is 3.86. The number of ether oxygens (including phenoxy) is 2. The summed E-state index contributed by atoms with van der Waals surface area (Å²) in [5.41, 5.74) is 0. The van der Waals surface area contributed by atoms with Crippen LogP contribution in [0.4, 0.5) is 4.39 Å². The molecule has 136 valence electrons. The maximum atomic E-state index is 13.6. The van der Waals surface area contributed by atoms with Crippen molar-refractivity contribution in [1.29, 1.82) is 0 Å². The Labute approximate surface area is 154 Å². The maximum absolute atomic E-state index is 13.6. The Morgan fingerprint density at radius 1 is 1.00 bits per heavy atom. The summed E-state index contributed by atoms with van der Waals surface area (Å²) in [6.45, 7) is 9.91. The van der Waals surface area contributed by atoms with Gasteiger partial charge in [-0.1, -0.05) is 17.7 Å². The highest BCUT2D eigenvalue weighted by atomic mass is 35.5. The molecule has 0 heterocycles. The molecule has 0 amide bonds. The Hall–Kier alpha value is -1.78. The molecule has 0 aliphatic carbocycles. The third-order valence-corrected chi connectivity index (χ3v) is 4.10. The Bertz CT molecular complexity index is 683. The van der Waals surface area contributed by atoms with Gasteiger partial charge in [-0.2, -0.15) is 0 Å². The summed E-state index contributed by atoms with van der Waals surface area (Å²) in [5.74, 6) is 1.00. The molecule has 0 unspecified atom stereocenters. The lowest BCUT2D eigenvalue weighted by Crippen LogP contribution is -2.39. The zero-order chi connectivity index (χ0) is 18.4. The number of halogens is 2. The predicted molar refractivity (Wildman–Crippen MR) is 100 cm³/mol. The highest BCUT2D eigenvalue weighted by molar-refractivity contribution is 6.30. The van der Waals surface area contributed by atoms with Crippen LogP contribution in [0.25, 0.3) is 0 Å². The van der Waals surface area contributed by atoms with Crippen LogP contribution in [0.3, 0.4) is 0 Å². The molecule has 0 fully saturated rings. The molecule has 3 nitrogen and oxygen atoms in total. The van der Waals surface area contributed by atoms with Gasteiger partial charge >= 0.3 is 0 Å². The van der Waals surface area contributed by atoms with Crippen LogP contribution in [0.15, 0.2) is 42.5 Å². The monoisotopic (exact) mass is 365 g/mol. The van der Waals surface area contributed by atoms with Crippen molar-refractivity contribution >= 4 is 11.6 Å². The molecule has 0 bridgehead atoms. The van der Waals surface area contributed by atoms with E-state index >= 15 is 0 Å². The summed E-state index contributed by atoms with van der Waals surface area (Å²) in [4.78, 5) is 2.33. The lowest BCUT2D eigenvalue weighted by atomic mass is 10.2. The van der Waals surface area contributed by atoms with Crippen molar-refractivity contribution in [3.8, 4) is 17.2 Å². The van der Waals surface area contributed by atoms with Gasteiger partial charge in [-0.05, 0) is 58.0 Å². The maximum Gasteiger partial charge on any atom is 0.172 e. The van der Waals surface area contributed by atoms with Gasteiger partial charge in [0.2, 0.25) is 0 Å². The van der Waals surface area contributed by atoms with Gasteiger partial charge in [-0.15, -0.1) is 0 Å². The second-order valence-electron chi connectivity index (χ2n) is 6.42. The largest absolute Gasteiger partial charge is 0.488 e. The first-order chi connectivity index (χ1) is 11.9. The van der Waals surface area contributed by atoms with Gasteiger partial charge in [0.15, 0.2) is 11.5 Å². The average molecular weight is 366 g/mol. The summed E-state index contributed by atoms with van der Waals surface area (Å²) in [5, 5.41) is 0.556. The molecule has 0 aliphatic rings. The smallest absolute Gasteiger partial charge is 0.172 e. The first-order valence-corrected chi connectivity index (χ1v) is 8.86. The van der Waals surface area contributed by atoms with Crippen LogP contribution in [-0.2, 0) is 0 Å². The second kappa shape index (κ2) is 9.07. The summed E-state index contributed by atoms with van der Waals surface area (Å²) >= 11 is 5.97. The molecule has 0 aliphatic heterocycles. The molecule has 0 spiro atoms. The summed E-state index contributed by atoms with van der Waals surface area (Å²) < 4.78 is 25.2. The number of nitrogens with zero attached hydrogens (tertiary/aromatic N) is 1. The Morgan fingerprint density at radius 3 is 2.36 bits per heavy atom. The molecule has 0 aromatic heterocycles. The van der Waals surface area contributed by atoms with Crippen LogP contribution in [0.1, 0.15) is 27.7 Å². The molecule has 25 heavy (non-hydrogen) atoms. The molecular weight excluding hydrogens is 341 g/mol. The first kappa shape index (κ1) is 19.5. The minimum Gasteiger partial charge on any atom is -0.488 e. The normalized spacial score (nSPS) is 11.4. The lowest BCUT2D eigenvalue weighted by molar-refractivity contribution is 0.141. The van der Waals surface area contributed by atoms with Gasteiger partial charge < -0.3 is 9.47 Å². The topological polar surface area (TPSA) is 21.7 Å². The van der Waals surface area contributed by atoms with Crippen molar-refractivity contribution in [3.05, 3.63) is 53.3 Å². The van der Waals surface area contributed by atoms with Crippen LogP contribution >= 0.6 is 11.6 Å². The molecule has 0 radical (unpaired) electrons. The third kappa shape index (κ3) is 5.91. The summed E-state index contributed by atoms with van der Waals surface area (Å²) in [6.07, 6.45) is 0. The molecule has 2 rings (SSSR count). The lowest BCUT2D eigenvalue weighted by Gasteiger charge is -2.30. The molecule has 0 saturated carbocycles. The van der Waals surface area contributed by atoms with E-state index in [2.05, 4.69) is 32.6 Å². The molecule has 0 atom stereocenters. The van der Waals surface area contributed by atoms with E-state index in [1.807, 2.05) is 0 Å². The van der Waals surface area contributed by atoms with Gasteiger partial charge in [0.25, 0.3) is 0 Å². The van der Waals surface area contributed by atoms with Gasteiger partial charge in [-0.25, -0.2) is 4.39 Å². The van der Waals surface area contributed by atoms with Crippen molar-refractivity contribution in [2.24, 2.45) is 0 Å². The van der Waals surface area contributed by atoms with Gasteiger partial charge in [0.1, 0.15) is 18.2 Å². The second-order valence-corrected chi connectivity index (χ2v) is 6.86. The zero-order valence-corrected chi connectivity index (χ0v) is 15.9. The van der Waals surface area contributed by atoms with Crippen molar-refractivity contribution < 1.29 is 13.9 Å². The molecule has 0 N–H and O–H groups in total. The van der Waals surface area contributed by atoms with Crippen LogP contribution in [0.5, 0.6) is 17.2 Å². The Balaban J connectivity index is 2.08. The number of hydrogen-bond acceptors (Lipinski definition) is 3. The number of rotatable bonds is 8. The fourth-order valence-electron chi connectivity index (χ4n) is 2.71. The predicted octanol–water partition coefficient (Wildman–Crippen LogP) is 5.77. The van der Waals surface area contributed by atoms with E-state index < -0.39 is 0 Å². The number of benzene rings is 2. The first-order valence-electron chi connectivity index (χ1n) is 8.48. The quantitative estimate of drug-likeness (QED) is 0.592. The van der Waals surface area contributed by atoms with Gasteiger partial charge in [0, 0.05) is 29.7 Å². The molecule has 2 aromatic rings. The van der Waals surface area contributed by atoms with Crippen molar-refractivity contribution in [2.45, 2.75) is 39.8 Å². The molecular formula is C20H25ClFNO2. The fourth-order valence-corrected chi connectivity index (χ4v) is 2.89. The minimum atomic E-state index is -0.379. The van der Waals surface area contributed by atoms with Crippen LogP contribution in [0.2, 0.25) is 5.02 Å². The van der Waals surface area contributed by atoms with Crippen LogP contribution in [-0.4, -0.2) is 30.1 Å². The Kier molecular flexibility index (Phi) is 7.09. The number of hydrogen-bond donors (Lipinski definition) is 0. The summed E-state index contributed by atoms with van der Waals surface area (Å²) in [7, 11) is 0. The van der Waals surface area contributed by atoms with Gasteiger partial charge in [0.05, 0.1) is 0 Å². The highest BCUT2D eigenvalue weighted by Crippen LogP contribution is 2.33. The van der Waals surface area contributed by atoms with E-state index in [0.717, 1.165) is 6.54 Å². The fraction of sp³-hybridized carbons (Fsp3) is 0.400. The van der Waals surface area contributed by atoms with Crippen molar-refractivity contribution in [3.63, 3.8) is 0 Å². The van der Waals surface area contributed by atoms with Crippen molar-refractivity contribution in [2.75, 3.05) is 13.2 Å². The average Bonchev–Trinajstić information content (AvgIpc) is 2.52. The van der Waals surface area contributed by atoms with E-state index in [1.54, 1.807) is 30.3 Å². The van der Waals surface area contributed by atoms with E-state index in [0.29, 0.717) is 41.0 Å². The highest BCUT2D eigenvalue weighted by Gasteiger charge is 2.14. The molecule has 2 aromatic carbocycles.